The third-order valence-electron chi connectivity index (χ3n) is 5.71. The van der Waals surface area contributed by atoms with E-state index in [0.29, 0.717) is 5.56 Å². The maximum absolute atomic E-state index is 13.2. The number of carbonyl (C=O) groups excluding carboxylic acids is 2. The van der Waals surface area contributed by atoms with Gasteiger partial charge in [-0.2, -0.15) is 0 Å². The first-order valence-electron chi connectivity index (χ1n) is 10.6. The monoisotopic (exact) mass is 417 g/mol. The fourth-order valence-electron chi connectivity index (χ4n) is 4.11. The van der Waals surface area contributed by atoms with Crippen molar-refractivity contribution in [3.05, 3.63) is 94.8 Å². The molecule has 3 rings (SSSR count). The van der Waals surface area contributed by atoms with Gasteiger partial charge < -0.3 is 10.3 Å². The molecule has 0 aliphatic carbocycles. The summed E-state index contributed by atoms with van der Waals surface area (Å²) in [5, 5.41) is 0. The smallest absolute Gasteiger partial charge is 0.231 e. The lowest BCUT2D eigenvalue weighted by molar-refractivity contribution is -0.119. The second-order valence-corrected chi connectivity index (χ2v) is 8.27. The number of nitrogens with two attached hydrogens (primary N) is 1. The highest BCUT2D eigenvalue weighted by Gasteiger charge is 2.25. The molecule has 0 atom stereocenters. The lowest BCUT2D eigenvalue weighted by Gasteiger charge is -2.25. The molecule has 2 aromatic carbocycles. The molecule has 31 heavy (non-hydrogen) atoms. The molecule has 1 amide bonds. The Hall–Kier alpha value is -3.18. The van der Waals surface area contributed by atoms with Crippen molar-refractivity contribution in [1.29, 1.82) is 0 Å². The second kappa shape index (κ2) is 9.75. The van der Waals surface area contributed by atoms with Crippen LogP contribution in [0.25, 0.3) is 0 Å². The number of rotatable bonds is 9. The molecule has 1 heterocycles. The molecule has 0 fully saturated rings. The molecule has 0 aliphatic rings. The second-order valence-electron chi connectivity index (χ2n) is 8.27. The summed E-state index contributed by atoms with van der Waals surface area (Å²) in [7, 11) is 0. The molecular weight excluding hydrogens is 386 g/mol. The largest absolute Gasteiger partial charge is 0.369 e. The standard InChI is InChI=1S/C26H31N3O2/c1-18(2)28(17-25(27)31)16-24(30)23-15-19(3)29(20(23)4)26(21-11-7-5-8-12-21)22-13-9-6-10-14-22/h5-15,18,26H,16-17H2,1-4H3,(H2,27,31). The molecule has 0 radical (unpaired) electrons. The summed E-state index contributed by atoms with van der Waals surface area (Å²) in [6, 6.07) is 22.6. The number of hydrogen-bond acceptors (Lipinski definition) is 3. The van der Waals surface area contributed by atoms with Crippen LogP contribution in [0.3, 0.4) is 0 Å². The van der Waals surface area contributed by atoms with Crippen molar-refractivity contribution in [2.75, 3.05) is 13.1 Å². The fourth-order valence-corrected chi connectivity index (χ4v) is 4.11. The van der Waals surface area contributed by atoms with E-state index in [1.54, 1.807) is 0 Å². The van der Waals surface area contributed by atoms with Crippen LogP contribution in [0.2, 0.25) is 0 Å². The van der Waals surface area contributed by atoms with E-state index in [-0.39, 0.29) is 31.0 Å². The molecule has 0 aliphatic heterocycles. The van der Waals surface area contributed by atoms with Crippen LogP contribution in [0, 0.1) is 13.8 Å². The number of carbonyl (C=O) groups is 2. The molecular formula is C26H31N3O2. The highest BCUT2D eigenvalue weighted by atomic mass is 16.1. The van der Waals surface area contributed by atoms with Gasteiger partial charge in [0.2, 0.25) is 5.91 Å². The number of aryl methyl sites for hydroxylation is 1. The summed E-state index contributed by atoms with van der Waals surface area (Å²) < 4.78 is 2.23. The van der Waals surface area contributed by atoms with Gasteiger partial charge >= 0.3 is 0 Å². The quantitative estimate of drug-likeness (QED) is 0.533. The van der Waals surface area contributed by atoms with Crippen LogP contribution in [0.1, 0.15) is 52.8 Å². The number of hydrogen-bond donors (Lipinski definition) is 1. The number of primary amides is 1. The van der Waals surface area contributed by atoms with E-state index in [9.17, 15) is 9.59 Å². The number of ketones is 1. The number of nitrogens with zero attached hydrogens (tertiary/aromatic N) is 2. The molecule has 5 nitrogen and oxygen atoms in total. The fraction of sp³-hybridized carbons (Fsp3) is 0.308. The molecule has 0 spiro atoms. The molecule has 0 saturated carbocycles. The zero-order valence-electron chi connectivity index (χ0n) is 18.7. The van der Waals surface area contributed by atoms with Crippen molar-refractivity contribution in [3.8, 4) is 0 Å². The van der Waals surface area contributed by atoms with Gasteiger partial charge in [0.25, 0.3) is 0 Å². The number of benzene rings is 2. The number of aromatic nitrogens is 1. The predicted octanol–water partition coefficient (Wildman–Crippen LogP) is 4.12. The number of Topliss-reactive ketones (excluding diaryl/α,β-unsaturated/α-hetero) is 1. The van der Waals surface area contributed by atoms with Crippen molar-refractivity contribution in [3.63, 3.8) is 0 Å². The van der Waals surface area contributed by atoms with E-state index >= 15 is 0 Å². The molecule has 2 N–H and O–H groups in total. The summed E-state index contributed by atoms with van der Waals surface area (Å²) in [6.07, 6.45) is 0. The van der Waals surface area contributed by atoms with Gasteiger partial charge in [-0.05, 0) is 44.9 Å². The van der Waals surface area contributed by atoms with Gasteiger partial charge in [0, 0.05) is 23.0 Å². The predicted molar refractivity (Wildman–Crippen MR) is 124 cm³/mol. The van der Waals surface area contributed by atoms with E-state index in [0.717, 1.165) is 22.5 Å². The topological polar surface area (TPSA) is 68.3 Å². The Balaban J connectivity index is 2.02. The Labute approximate surface area is 184 Å². The van der Waals surface area contributed by atoms with Crippen molar-refractivity contribution in [1.82, 2.24) is 9.47 Å². The summed E-state index contributed by atoms with van der Waals surface area (Å²) in [5.41, 5.74) is 10.3. The first-order chi connectivity index (χ1) is 14.8. The molecule has 0 bridgehead atoms. The van der Waals surface area contributed by atoms with Crippen LogP contribution in [0.15, 0.2) is 66.7 Å². The molecule has 3 aromatic rings. The van der Waals surface area contributed by atoms with Gasteiger partial charge in [0.15, 0.2) is 5.78 Å². The highest BCUT2D eigenvalue weighted by Crippen LogP contribution is 2.31. The third-order valence-corrected chi connectivity index (χ3v) is 5.71. The van der Waals surface area contributed by atoms with E-state index in [2.05, 4.69) is 28.8 Å². The Morgan fingerprint density at radius 3 is 1.87 bits per heavy atom. The van der Waals surface area contributed by atoms with Gasteiger partial charge in [-0.15, -0.1) is 0 Å². The summed E-state index contributed by atoms with van der Waals surface area (Å²) >= 11 is 0. The van der Waals surface area contributed by atoms with Gasteiger partial charge in [0.05, 0.1) is 19.1 Å². The van der Waals surface area contributed by atoms with Crippen LogP contribution in [0.4, 0.5) is 0 Å². The van der Waals surface area contributed by atoms with E-state index < -0.39 is 5.91 Å². The van der Waals surface area contributed by atoms with E-state index in [4.69, 9.17) is 5.73 Å². The maximum Gasteiger partial charge on any atom is 0.231 e. The molecule has 162 valence electrons. The van der Waals surface area contributed by atoms with Gasteiger partial charge in [-0.3, -0.25) is 14.5 Å². The third kappa shape index (κ3) is 5.12. The van der Waals surface area contributed by atoms with Crippen LogP contribution in [0.5, 0.6) is 0 Å². The summed E-state index contributed by atoms with van der Waals surface area (Å²) in [6.45, 7) is 8.17. The first kappa shape index (κ1) is 22.5. The first-order valence-corrected chi connectivity index (χ1v) is 10.6. The lowest BCUT2D eigenvalue weighted by Crippen LogP contribution is -2.41. The van der Waals surface area contributed by atoms with Gasteiger partial charge in [0.1, 0.15) is 0 Å². The summed E-state index contributed by atoms with van der Waals surface area (Å²) in [5.74, 6) is -0.436. The normalized spacial score (nSPS) is 11.5. The zero-order valence-corrected chi connectivity index (χ0v) is 18.7. The molecule has 0 unspecified atom stereocenters. The zero-order chi connectivity index (χ0) is 22.5. The Kier molecular flexibility index (Phi) is 7.08. The van der Waals surface area contributed by atoms with Crippen molar-refractivity contribution >= 4 is 11.7 Å². The van der Waals surface area contributed by atoms with Crippen molar-refractivity contribution in [2.45, 2.75) is 39.8 Å². The van der Waals surface area contributed by atoms with Gasteiger partial charge in [-0.25, -0.2) is 0 Å². The van der Waals surface area contributed by atoms with Crippen LogP contribution < -0.4 is 5.73 Å². The lowest BCUT2D eigenvalue weighted by atomic mass is 9.98. The average Bonchev–Trinajstić information content (AvgIpc) is 3.03. The molecule has 5 heteroatoms. The minimum absolute atomic E-state index is 0.00540. The van der Waals surface area contributed by atoms with E-state index in [1.165, 1.54) is 0 Å². The number of amides is 1. The van der Waals surface area contributed by atoms with Gasteiger partial charge in [-0.1, -0.05) is 60.7 Å². The molecule has 0 saturated heterocycles. The Morgan fingerprint density at radius 2 is 1.42 bits per heavy atom. The van der Waals surface area contributed by atoms with Crippen LogP contribution >= 0.6 is 0 Å². The van der Waals surface area contributed by atoms with Crippen LogP contribution in [-0.4, -0.2) is 40.3 Å². The average molecular weight is 418 g/mol. The highest BCUT2D eigenvalue weighted by molar-refractivity contribution is 5.99. The maximum atomic E-state index is 13.2. The SMILES string of the molecule is Cc1cc(C(=O)CN(CC(N)=O)C(C)C)c(C)n1C(c1ccccc1)c1ccccc1. The van der Waals surface area contributed by atoms with Crippen LogP contribution in [-0.2, 0) is 4.79 Å². The molecule has 1 aromatic heterocycles. The Morgan fingerprint density at radius 1 is 0.903 bits per heavy atom. The Bertz CT molecular complexity index is 1000. The summed E-state index contributed by atoms with van der Waals surface area (Å²) in [4.78, 5) is 26.4. The van der Waals surface area contributed by atoms with Crippen molar-refractivity contribution in [2.24, 2.45) is 5.73 Å². The van der Waals surface area contributed by atoms with E-state index in [1.807, 2.05) is 75.1 Å². The van der Waals surface area contributed by atoms with Crippen molar-refractivity contribution < 1.29 is 9.59 Å². The minimum Gasteiger partial charge on any atom is -0.369 e. The minimum atomic E-state index is -0.430.